The van der Waals surface area contributed by atoms with Gasteiger partial charge < -0.3 is 15.0 Å². The summed E-state index contributed by atoms with van der Waals surface area (Å²) in [6.45, 7) is 6.94. The Balaban J connectivity index is 1.98. The van der Waals surface area contributed by atoms with E-state index in [9.17, 15) is 4.79 Å². The van der Waals surface area contributed by atoms with Crippen molar-refractivity contribution in [1.29, 1.82) is 0 Å². The van der Waals surface area contributed by atoms with Crippen molar-refractivity contribution in [1.82, 2.24) is 4.90 Å². The van der Waals surface area contributed by atoms with Gasteiger partial charge in [0.15, 0.2) is 0 Å². The molecule has 0 spiro atoms. The van der Waals surface area contributed by atoms with E-state index in [2.05, 4.69) is 5.32 Å². The van der Waals surface area contributed by atoms with E-state index in [1.165, 1.54) is 0 Å². The number of ether oxygens (including phenoxy) is 1. The van der Waals surface area contributed by atoms with Gasteiger partial charge in [0.05, 0.1) is 15.7 Å². The molecule has 24 heavy (non-hydrogen) atoms. The van der Waals surface area contributed by atoms with Crippen LogP contribution in [-0.4, -0.2) is 35.7 Å². The Morgan fingerprint density at radius 2 is 1.79 bits per heavy atom. The molecule has 1 fully saturated rings. The topological polar surface area (TPSA) is 41.6 Å². The molecule has 0 saturated carbocycles. The summed E-state index contributed by atoms with van der Waals surface area (Å²) in [6, 6.07) is 3.52. The highest BCUT2D eigenvalue weighted by atomic mass is 35.5. The zero-order valence-electron chi connectivity index (χ0n) is 14.2. The minimum absolute atomic E-state index is 0.189. The lowest BCUT2D eigenvalue weighted by atomic mass is 10.1. The first kappa shape index (κ1) is 19.5. The Morgan fingerprint density at radius 1 is 1.17 bits per heavy atom. The average molecular weight is 394 g/mol. The van der Waals surface area contributed by atoms with E-state index in [4.69, 9.17) is 39.5 Å². The van der Waals surface area contributed by atoms with Crippen molar-refractivity contribution in [2.45, 2.75) is 51.7 Å². The standard InChI is InChI=1S/C17H23Cl3N2O2/c1-17(2,3)24-16(23)22-7-4-5-12(6-8-22)21-15-13(19)9-11(18)10-14(15)20/h9-10,12,21H,4-8H2,1-3H3. The van der Waals surface area contributed by atoms with Crippen molar-refractivity contribution in [3.63, 3.8) is 0 Å². The number of benzene rings is 1. The highest BCUT2D eigenvalue weighted by Gasteiger charge is 2.25. The fraction of sp³-hybridized carbons (Fsp3) is 0.588. The quantitative estimate of drug-likeness (QED) is 0.685. The Morgan fingerprint density at radius 3 is 2.38 bits per heavy atom. The van der Waals surface area contributed by atoms with E-state index in [0.717, 1.165) is 19.3 Å². The third kappa shape index (κ3) is 5.61. The molecule has 0 radical (unpaired) electrons. The predicted molar refractivity (Wildman–Crippen MR) is 101 cm³/mol. The van der Waals surface area contributed by atoms with Crippen LogP contribution in [0.3, 0.4) is 0 Å². The minimum atomic E-state index is -0.481. The summed E-state index contributed by atoms with van der Waals surface area (Å²) < 4.78 is 5.45. The molecule has 1 unspecified atom stereocenters. The predicted octanol–water partition coefficient (Wildman–Crippen LogP) is 5.85. The number of carbonyl (C=O) groups is 1. The second-order valence-electron chi connectivity index (χ2n) is 6.98. The number of carbonyl (C=O) groups excluding carboxylic acids is 1. The minimum Gasteiger partial charge on any atom is -0.444 e. The SMILES string of the molecule is CC(C)(C)OC(=O)N1CCCC(Nc2c(Cl)cc(Cl)cc2Cl)CC1. The van der Waals surface area contributed by atoms with Gasteiger partial charge >= 0.3 is 6.09 Å². The van der Waals surface area contributed by atoms with Gasteiger partial charge in [-0.3, -0.25) is 0 Å². The number of rotatable bonds is 2. The average Bonchev–Trinajstić information content (AvgIpc) is 2.66. The molecule has 1 saturated heterocycles. The van der Waals surface area contributed by atoms with Crippen LogP contribution in [0.1, 0.15) is 40.0 Å². The lowest BCUT2D eigenvalue weighted by Gasteiger charge is -2.26. The van der Waals surface area contributed by atoms with Crippen LogP contribution in [-0.2, 0) is 4.74 Å². The molecule has 0 aromatic heterocycles. The number of hydrogen-bond acceptors (Lipinski definition) is 3. The molecular formula is C17H23Cl3N2O2. The molecule has 4 nitrogen and oxygen atoms in total. The largest absolute Gasteiger partial charge is 0.444 e. The Kier molecular flexibility index (Phi) is 6.52. The highest BCUT2D eigenvalue weighted by Crippen LogP contribution is 2.35. The molecule has 1 heterocycles. The maximum atomic E-state index is 12.2. The van der Waals surface area contributed by atoms with E-state index in [1.54, 1.807) is 17.0 Å². The third-order valence-corrected chi connectivity index (χ3v) is 4.55. The van der Waals surface area contributed by atoms with Gasteiger partial charge in [-0.05, 0) is 52.2 Å². The first-order chi connectivity index (χ1) is 11.2. The van der Waals surface area contributed by atoms with E-state index >= 15 is 0 Å². The maximum absolute atomic E-state index is 12.2. The van der Waals surface area contributed by atoms with Crippen molar-refractivity contribution in [3.8, 4) is 0 Å². The molecule has 1 aliphatic heterocycles. The highest BCUT2D eigenvalue weighted by molar-refractivity contribution is 6.41. The monoisotopic (exact) mass is 392 g/mol. The number of likely N-dealkylation sites (tertiary alicyclic amines) is 1. The van der Waals surface area contributed by atoms with Crippen molar-refractivity contribution < 1.29 is 9.53 Å². The maximum Gasteiger partial charge on any atom is 0.410 e. The normalized spacial score (nSPS) is 18.9. The zero-order valence-corrected chi connectivity index (χ0v) is 16.4. The van der Waals surface area contributed by atoms with Crippen molar-refractivity contribution >= 4 is 46.6 Å². The van der Waals surface area contributed by atoms with Crippen molar-refractivity contribution in [3.05, 3.63) is 27.2 Å². The number of nitrogens with one attached hydrogen (secondary N) is 1. The molecule has 7 heteroatoms. The molecule has 0 aliphatic carbocycles. The first-order valence-electron chi connectivity index (χ1n) is 8.05. The number of halogens is 3. The van der Waals surface area contributed by atoms with Crippen molar-refractivity contribution in [2.24, 2.45) is 0 Å². The zero-order chi connectivity index (χ0) is 17.9. The Labute approximate surface area is 158 Å². The number of anilines is 1. The summed E-state index contributed by atoms with van der Waals surface area (Å²) >= 11 is 18.4. The van der Waals surface area contributed by atoms with Crippen LogP contribution in [0.2, 0.25) is 15.1 Å². The van der Waals surface area contributed by atoms with Gasteiger partial charge in [-0.2, -0.15) is 0 Å². The van der Waals surface area contributed by atoms with Crippen LogP contribution >= 0.6 is 34.8 Å². The summed E-state index contributed by atoms with van der Waals surface area (Å²) in [4.78, 5) is 14.0. The summed E-state index contributed by atoms with van der Waals surface area (Å²) in [6.07, 6.45) is 2.36. The fourth-order valence-corrected chi connectivity index (χ4v) is 3.56. The van der Waals surface area contributed by atoms with Crippen LogP contribution < -0.4 is 5.32 Å². The molecule has 1 aromatic carbocycles. The molecule has 1 atom stereocenters. The van der Waals surface area contributed by atoms with E-state index in [-0.39, 0.29) is 12.1 Å². The van der Waals surface area contributed by atoms with E-state index < -0.39 is 5.60 Å². The summed E-state index contributed by atoms with van der Waals surface area (Å²) in [5, 5.41) is 4.90. The second-order valence-corrected chi connectivity index (χ2v) is 8.23. The Hall–Kier alpha value is -0.840. The molecule has 1 aliphatic rings. The molecule has 0 bridgehead atoms. The molecule has 1 N–H and O–H groups in total. The summed E-state index contributed by atoms with van der Waals surface area (Å²) in [5.41, 5.74) is 0.212. The van der Waals surface area contributed by atoms with Crippen LogP contribution in [0.25, 0.3) is 0 Å². The van der Waals surface area contributed by atoms with Gasteiger partial charge in [-0.1, -0.05) is 34.8 Å². The van der Waals surface area contributed by atoms with Gasteiger partial charge in [-0.25, -0.2) is 4.79 Å². The van der Waals surface area contributed by atoms with Crippen LogP contribution in [0.5, 0.6) is 0 Å². The van der Waals surface area contributed by atoms with Crippen molar-refractivity contribution in [2.75, 3.05) is 18.4 Å². The van der Waals surface area contributed by atoms with Gasteiger partial charge in [0.2, 0.25) is 0 Å². The van der Waals surface area contributed by atoms with Crippen LogP contribution in [0.4, 0.5) is 10.5 Å². The molecule has 2 rings (SSSR count). The molecule has 1 amide bonds. The number of nitrogens with zero attached hydrogens (tertiary/aromatic N) is 1. The molecule has 134 valence electrons. The lowest BCUT2D eigenvalue weighted by molar-refractivity contribution is 0.0256. The lowest BCUT2D eigenvalue weighted by Crippen LogP contribution is -2.37. The molecular weight excluding hydrogens is 371 g/mol. The second kappa shape index (κ2) is 8.03. The van der Waals surface area contributed by atoms with Gasteiger partial charge in [0, 0.05) is 24.2 Å². The fourth-order valence-electron chi connectivity index (χ4n) is 2.63. The number of hydrogen-bond donors (Lipinski definition) is 1. The van der Waals surface area contributed by atoms with Crippen LogP contribution in [0.15, 0.2) is 12.1 Å². The first-order valence-corrected chi connectivity index (χ1v) is 9.18. The van der Waals surface area contributed by atoms with Gasteiger partial charge in [0.25, 0.3) is 0 Å². The van der Waals surface area contributed by atoms with E-state index in [1.807, 2.05) is 20.8 Å². The Bertz CT molecular complexity index is 579. The van der Waals surface area contributed by atoms with Gasteiger partial charge in [0.1, 0.15) is 5.60 Å². The molecule has 1 aromatic rings. The van der Waals surface area contributed by atoms with Crippen LogP contribution in [0, 0.1) is 0 Å². The smallest absolute Gasteiger partial charge is 0.410 e. The number of amides is 1. The third-order valence-electron chi connectivity index (χ3n) is 3.74. The van der Waals surface area contributed by atoms with E-state index in [0.29, 0.717) is 33.8 Å². The summed E-state index contributed by atoms with van der Waals surface area (Å²) in [7, 11) is 0. The summed E-state index contributed by atoms with van der Waals surface area (Å²) in [5.74, 6) is 0. The van der Waals surface area contributed by atoms with Gasteiger partial charge in [-0.15, -0.1) is 0 Å².